The van der Waals surface area contributed by atoms with Crippen molar-refractivity contribution in [3.05, 3.63) is 23.3 Å². The van der Waals surface area contributed by atoms with E-state index >= 15 is 0 Å². The average molecular weight is 336 g/mol. The Hall–Kier alpha value is -2.68. The zero-order chi connectivity index (χ0) is 16.7. The van der Waals surface area contributed by atoms with Gasteiger partial charge in [-0.1, -0.05) is 6.07 Å². The van der Waals surface area contributed by atoms with Crippen molar-refractivity contribution in [3.8, 4) is 11.5 Å². The third-order valence-electron chi connectivity index (χ3n) is 3.66. The molecule has 1 saturated heterocycles. The number of amides is 2. The molecule has 1 aromatic rings. The highest BCUT2D eigenvalue weighted by Gasteiger charge is 2.48. The maximum Gasteiger partial charge on any atom is 0.343 e. The van der Waals surface area contributed by atoms with Gasteiger partial charge in [0.2, 0.25) is 11.8 Å². The lowest BCUT2D eigenvalue weighted by molar-refractivity contribution is -0.139. The number of hydrogen-bond donors (Lipinski definition) is 2. The van der Waals surface area contributed by atoms with Gasteiger partial charge in [0.15, 0.2) is 22.5 Å². The van der Waals surface area contributed by atoms with E-state index in [0.717, 1.165) is 0 Å². The molecule has 2 N–H and O–H groups in total. The Bertz CT molecular complexity index is 727. The zero-order valence-electron chi connectivity index (χ0n) is 12.2. The largest absolute Gasteiger partial charge is 0.493 e. The van der Waals surface area contributed by atoms with Crippen molar-refractivity contribution < 1.29 is 28.6 Å². The number of ether oxygens (including phenoxy) is 3. The molecule has 2 amide bonds. The SMILES string of the molecule is COc1ccc2c(c1OC)C(=O)OC2C1C(=O)NC(=S)NC1=O. The van der Waals surface area contributed by atoms with Gasteiger partial charge in [0.25, 0.3) is 0 Å². The number of esters is 1. The summed E-state index contributed by atoms with van der Waals surface area (Å²) in [6.07, 6.45) is -1.06. The van der Waals surface area contributed by atoms with Gasteiger partial charge in [0, 0.05) is 5.56 Å². The first-order chi connectivity index (χ1) is 11.0. The Morgan fingerprint density at radius 1 is 1.09 bits per heavy atom. The third kappa shape index (κ3) is 2.29. The van der Waals surface area contributed by atoms with Crippen LogP contribution in [0, 0.1) is 5.92 Å². The van der Waals surface area contributed by atoms with Gasteiger partial charge in [0.05, 0.1) is 14.2 Å². The Kier molecular flexibility index (Phi) is 3.64. The first-order valence-electron chi connectivity index (χ1n) is 6.59. The number of methoxy groups -OCH3 is 2. The van der Waals surface area contributed by atoms with Crippen molar-refractivity contribution >= 4 is 35.1 Å². The molecule has 2 aliphatic rings. The van der Waals surface area contributed by atoms with Gasteiger partial charge in [-0.3, -0.25) is 9.59 Å². The first-order valence-corrected chi connectivity index (χ1v) is 7.00. The second-order valence-electron chi connectivity index (χ2n) is 4.88. The first kappa shape index (κ1) is 15.2. The quantitative estimate of drug-likeness (QED) is 0.457. The lowest BCUT2D eigenvalue weighted by Crippen LogP contribution is -2.57. The van der Waals surface area contributed by atoms with Crippen molar-refractivity contribution in [2.45, 2.75) is 6.10 Å². The van der Waals surface area contributed by atoms with E-state index in [-0.39, 0.29) is 16.4 Å². The van der Waals surface area contributed by atoms with Crippen LogP contribution in [0.25, 0.3) is 0 Å². The summed E-state index contributed by atoms with van der Waals surface area (Å²) in [6, 6.07) is 3.15. The average Bonchev–Trinajstić information content (AvgIpc) is 2.82. The minimum Gasteiger partial charge on any atom is -0.493 e. The number of rotatable bonds is 3. The Morgan fingerprint density at radius 2 is 1.74 bits per heavy atom. The number of hydrogen-bond acceptors (Lipinski definition) is 7. The molecule has 120 valence electrons. The van der Waals surface area contributed by atoms with Crippen LogP contribution in [-0.4, -0.2) is 37.1 Å². The van der Waals surface area contributed by atoms with E-state index in [1.54, 1.807) is 12.1 Å². The molecular formula is C14H12N2O6S. The highest BCUT2D eigenvalue weighted by Crippen LogP contribution is 2.44. The van der Waals surface area contributed by atoms with Gasteiger partial charge < -0.3 is 24.8 Å². The van der Waals surface area contributed by atoms with Crippen molar-refractivity contribution in [1.82, 2.24) is 10.6 Å². The summed E-state index contributed by atoms with van der Waals surface area (Å²) in [7, 11) is 2.82. The van der Waals surface area contributed by atoms with E-state index in [9.17, 15) is 14.4 Å². The topological polar surface area (TPSA) is 103 Å². The van der Waals surface area contributed by atoms with Crippen LogP contribution in [0.3, 0.4) is 0 Å². The van der Waals surface area contributed by atoms with Crippen LogP contribution in [0.4, 0.5) is 0 Å². The molecule has 0 radical (unpaired) electrons. The van der Waals surface area contributed by atoms with Crippen LogP contribution in [-0.2, 0) is 14.3 Å². The number of carbonyl (C=O) groups excluding carboxylic acids is 3. The summed E-state index contributed by atoms with van der Waals surface area (Å²) in [4.78, 5) is 36.4. The molecule has 8 nitrogen and oxygen atoms in total. The van der Waals surface area contributed by atoms with Gasteiger partial charge >= 0.3 is 5.97 Å². The predicted molar refractivity (Wildman–Crippen MR) is 80.1 cm³/mol. The molecular weight excluding hydrogens is 324 g/mol. The molecule has 0 aromatic heterocycles. The second kappa shape index (κ2) is 5.51. The molecule has 0 spiro atoms. The lowest BCUT2D eigenvalue weighted by Gasteiger charge is -2.26. The summed E-state index contributed by atoms with van der Waals surface area (Å²) in [5.41, 5.74) is 0.529. The van der Waals surface area contributed by atoms with Crippen molar-refractivity contribution in [1.29, 1.82) is 0 Å². The van der Waals surface area contributed by atoms with E-state index < -0.39 is 29.8 Å². The van der Waals surface area contributed by atoms with E-state index in [2.05, 4.69) is 10.6 Å². The number of cyclic esters (lactones) is 1. The van der Waals surface area contributed by atoms with Gasteiger partial charge in [0.1, 0.15) is 11.7 Å². The third-order valence-corrected chi connectivity index (χ3v) is 3.87. The zero-order valence-corrected chi connectivity index (χ0v) is 13.0. The Morgan fingerprint density at radius 3 is 2.30 bits per heavy atom. The van der Waals surface area contributed by atoms with Crippen LogP contribution < -0.4 is 20.1 Å². The number of nitrogens with one attached hydrogen (secondary N) is 2. The molecule has 3 rings (SSSR count). The normalized spacial score (nSPS) is 20.5. The highest BCUT2D eigenvalue weighted by molar-refractivity contribution is 7.80. The molecule has 1 aromatic carbocycles. The smallest absolute Gasteiger partial charge is 0.343 e. The van der Waals surface area contributed by atoms with Crippen LogP contribution in [0.1, 0.15) is 22.0 Å². The minimum absolute atomic E-state index is 0.0758. The molecule has 0 aliphatic carbocycles. The summed E-state index contributed by atoms with van der Waals surface area (Å²) < 4.78 is 15.6. The standard InChI is InChI=1S/C14H12N2O6S/c1-20-6-4-3-5-7(10(6)21-2)13(19)22-9(5)8-11(17)15-14(23)16-12(8)18/h3-4,8-9H,1-2H3,(H2,15,16,17,18,23). The number of thiocarbonyl (C=S) groups is 1. The van der Waals surface area contributed by atoms with Crippen LogP contribution in [0.2, 0.25) is 0 Å². The van der Waals surface area contributed by atoms with Gasteiger partial charge in [-0.25, -0.2) is 4.79 Å². The maximum absolute atomic E-state index is 12.2. The lowest BCUT2D eigenvalue weighted by atomic mass is 9.91. The molecule has 0 saturated carbocycles. The van der Waals surface area contributed by atoms with Crippen LogP contribution in [0.5, 0.6) is 11.5 Å². The van der Waals surface area contributed by atoms with E-state index in [1.807, 2.05) is 0 Å². The predicted octanol–water partition coefficient (Wildman–Crippen LogP) is 0.0624. The summed E-state index contributed by atoms with van der Waals surface area (Å²) in [5, 5.41) is 4.62. The number of fused-ring (bicyclic) bond motifs is 1. The monoisotopic (exact) mass is 336 g/mol. The Balaban J connectivity index is 2.07. The van der Waals surface area contributed by atoms with Crippen molar-refractivity contribution in [2.75, 3.05) is 14.2 Å². The highest BCUT2D eigenvalue weighted by atomic mass is 32.1. The molecule has 1 unspecified atom stereocenters. The van der Waals surface area contributed by atoms with E-state index in [1.165, 1.54) is 14.2 Å². The maximum atomic E-state index is 12.2. The van der Waals surface area contributed by atoms with Crippen molar-refractivity contribution in [3.63, 3.8) is 0 Å². The van der Waals surface area contributed by atoms with E-state index in [0.29, 0.717) is 11.3 Å². The van der Waals surface area contributed by atoms with Gasteiger partial charge in [-0.2, -0.15) is 0 Å². The number of carbonyl (C=O) groups is 3. The molecule has 1 fully saturated rings. The molecule has 2 heterocycles. The van der Waals surface area contributed by atoms with Gasteiger partial charge in [-0.15, -0.1) is 0 Å². The molecule has 1 atom stereocenters. The van der Waals surface area contributed by atoms with Crippen LogP contribution in [0.15, 0.2) is 12.1 Å². The Labute approximate surface area is 136 Å². The molecule has 2 aliphatic heterocycles. The second-order valence-corrected chi connectivity index (χ2v) is 5.28. The molecule has 23 heavy (non-hydrogen) atoms. The summed E-state index contributed by atoms with van der Waals surface area (Å²) >= 11 is 4.75. The fourth-order valence-electron chi connectivity index (χ4n) is 2.68. The molecule has 9 heteroatoms. The van der Waals surface area contributed by atoms with E-state index in [4.69, 9.17) is 26.4 Å². The van der Waals surface area contributed by atoms with Crippen molar-refractivity contribution in [2.24, 2.45) is 5.92 Å². The summed E-state index contributed by atoms with van der Waals surface area (Å²) in [6.45, 7) is 0. The fourth-order valence-corrected chi connectivity index (χ4v) is 2.88. The molecule has 0 bridgehead atoms. The summed E-state index contributed by atoms with van der Waals surface area (Å²) in [5.74, 6) is -2.62. The fraction of sp³-hybridized carbons (Fsp3) is 0.286. The number of benzene rings is 1. The van der Waals surface area contributed by atoms with Crippen LogP contribution >= 0.6 is 12.2 Å². The minimum atomic E-state index is -1.23. The van der Waals surface area contributed by atoms with Gasteiger partial charge in [-0.05, 0) is 18.3 Å².